The fourth-order valence-electron chi connectivity index (χ4n) is 2.30. The molecule has 0 unspecified atom stereocenters. The highest BCUT2D eigenvalue weighted by Gasteiger charge is 1.99. The predicted octanol–water partition coefficient (Wildman–Crippen LogP) is 4.46. The van der Waals surface area contributed by atoms with Gasteiger partial charge in [-0.1, -0.05) is 60.5 Å². The molecule has 2 rings (SSSR count). The van der Waals surface area contributed by atoms with Crippen LogP contribution in [0.3, 0.4) is 0 Å². The van der Waals surface area contributed by atoms with Gasteiger partial charge in [-0.3, -0.25) is 0 Å². The molecule has 0 fully saturated rings. The molecule has 0 nitrogen and oxygen atoms in total. The maximum absolute atomic E-state index is 2.28. The molecule has 0 saturated carbocycles. The third-order valence-electron chi connectivity index (χ3n) is 3.12. The SMILES string of the molecule is CCc1ccc(Cc2cc(C)cc(C)c2)cc1. The van der Waals surface area contributed by atoms with Gasteiger partial charge in [0.25, 0.3) is 0 Å². The minimum atomic E-state index is 1.03. The largest absolute Gasteiger partial charge is 0.0613 e. The average Bonchev–Trinajstić information content (AvgIpc) is 2.28. The highest BCUT2D eigenvalue weighted by atomic mass is 14.0. The molecule has 0 aromatic heterocycles. The Morgan fingerprint density at radius 3 is 1.76 bits per heavy atom. The van der Waals surface area contributed by atoms with Crippen LogP contribution in [0.15, 0.2) is 42.5 Å². The molecule has 0 amide bonds. The summed E-state index contributed by atoms with van der Waals surface area (Å²) in [6.45, 7) is 6.52. The minimum Gasteiger partial charge on any atom is -0.0613 e. The van der Waals surface area contributed by atoms with Crippen LogP contribution in [0.5, 0.6) is 0 Å². The summed E-state index contributed by atoms with van der Waals surface area (Å²) >= 11 is 0. The summed E-state index contributed by atoms with van der Waals surface area (Å²) in [6, 6.07) is 15.7. The molecule has 0 heterocycles. The summed E-state index contributed by atoms with van der Waals surface area (Å²) in [5, 5.41) is 0. The zero-order valence-electron chi connectivity index (χ0n) is 11.0. The summed E-state index contributed by atoms with van der Waals surface area (Å²) in [5.74, 6) is 0. The van der Waals surface area contributed by atoms with Crippen molar-refractivity contribution in [2.75, 3.05) is 0 Å². The molecule has 17 heavy (non-hydrogen) atoms. The summed E-state index contributed by atoms with van der Waals surface area (Å²) in [5.41, 5.74) is 6.92. The Labute approximate surface area is 104 Å². The molecular formula is C17H20. The van der Waals surface area contributed by atoms with Crippen molar-refractivity contribution in [1.82, 2.24) is 0 Å². The summed E-state index contributed by atoms with van der Waals surface area (Å²) in [6.07, 6.45) is 2.15. The lowest BCUT2D eigenvalue weighted by atomic mass is 10.00. The fourth-order valence-corrected chi connectivity index (χ4v) is 2.30. The van der Waals surface area contributed by atoms with E-state index >= 15 is 0 Å². The molecule has 0 bridgehead atoms. The minimum absolute atomic E-state index is 1.03. The topological polar surface area (TPSA) is 0 Å². The average molecular weight is 224 g/mol. The molecule has 2 aromatic carbocycles. The van der Waals surface area contributed by atoms with Crippen molar-refractivity contribution in [2.45, 2.75) is 33.6 Å². The third kappa shape index (κ3) is 3.20. The molecule has 0 aliphatic rings. The fraction of sp³-hybridized carbons (Fsp3) is 0.294. The van der Waals surface area contributed by atoms with Crippen molar-refractivity contribution in [3.8, 4) is 0 Å². The first kappa shape index (κ1) is 11.9. The van der Waals surface area contributed by atoms with Gasteiger partial charge in [-0.25, -0.2) is 0 Å². The van der Waals surface area contributed by atoms with Crippen LogP contribution in [0.1, 0.15) is 34.7 Å². The lowest BCUT2D eigenvalue weighted by Gasteiger charge is -2.06. The van der Waals surface area contributed by atoms with Crippen molar-refractivity contribution >= 4 is 0 Å². The lowest BCUT2D eigenvalue weighted by molar-refractivity contribution is 1.11. The second-order valence-corrected chi connectivity index (χ2v) is 4.84. The molecule has 0 atom stereocenters. The zero-order valence-corrected chi connectivity index (χ0v) is 11.0. The van der Waals surface area contributed by atoms with E-state index in [-0.39, 0.29) is 0 Å². The quantitative estimate of drug-likeness (QED) is 0.722. The van der Waals surface area contributed by atoms with Gasteiger partial charge < -0.3 is 0 Å². The standard InChI is InChI=1S/C17H20/c1-4-15-5-7-16(8-6-15)12-17-10-13(2)9-14(3)11-17/h5-11H,4,12H2,1-3H3. The molecule has 0 spiro atoms. The molecule has 0 aliphatic carbocycles. The van der Waals surface area contributed by atoms with Crippen LogP contribution < -0.4 is 0 Å². The van der Waals surface area contributed by atoms with Crippen LogP contribution in [-0.2, 0) is 12.8 Å². The lowest BCUT2D eigenvalue weighted by Crippen LogP contribution is -1.91. The van der Waals surface area contributed by atoms with Crippen molar-refractivity contribution in [3.63, 3.8) is 0 Å². The van der Waals surface area contributed by atoms with E-state index in [9.17, 15) is 0 Å². The Balaban J connectivity index is 2.19. The number of aryl methyl sites for hydroxylation is 3. The summed E-state index contributed by atoms with van der Waals surface area (Å²) in [4.78, 5) is 0. The number of rotatable bonds is 3. The first-order valence-electron chi connectivity index (χ1n) is 6.32. The van der Waals surface area contributed by atoms with E-state index < -0.39 is 0 Å². The smallest absolute Gasteiger partial charge is 0.00256 e. The van der Waals surface area contributed by atoms with Gasteiger partial charge in [0.1, 0.15) is 0 Å². The van der Waals surface area contributed by atoms with E-state index in [1.54, 1.807) is 0 Å². The van der Waals surface area contributed by atoms with Crippen LogP contribution in [0.2, 0.25) is 0 Å². The van der Waals surface area contributed by atoms with E-state index in [1.807, 2.05) is 0 Å². The molecule has 0 saturated heterocycles. The van der Waals surface area contributed by atoms with Gasteiger partial charge in [-0.15, -0.1) is 0 Å². The van der Waals surface area contributed by atoms with Crippen molar-refractivity contribution in [1.29, 1.82) is 0 Å². The number of hydrogen-bond acceptors (Lipinski definition) is 0. The van der Waals surface area contributed by atoms with E-state index in [4.69, 9.17) is 0 Å². The molecular weight excluding hydrogens is 204 g/mol. The number of benzene rings is 2. The van der Waals surface area contributed by atoms with Crippen LogP contribution in [0, 0.1) is 13.8 Å². The van der Waals surface area contributed by atoms with Crippen LogP contribution in [0.4, 0.5) is 0 Å². The van der Waals surface area contributed by atoms with Crippen molar-refractivity contribution in [3.05, 3.63) is 70.3 Å². The predicted molar refractivity (Wildman–Crippen MR) is 74.5 cm³/mol. The highest BCUT2D eigenvalue weighted by molar-refractivity contribution is 5.33. The Morgan fingerprint density at radius 1 is 0.706 bits per heavy atom. The van der Waals surface area contributed by atoms with Gasteiger partial charge in [-0.2, -0.15) is 0 Å². The van der Waals surface area contributed by atoms with E-state index in [1.165, 1.54) is 27.8 Å². The second-order valence-electron chi connectivity index (χ2n) is 4.84. The van der Waals surface area contributed by atoms with Gasteiger partial charge in [-0.05, 0) is 43.4 Å². The highest BCUT2D eigenvalue weighted by Crippen LogP contribution is 2.14. The Hall–Kier alpha value is -1.56. The number of hydrogen-bond donors (Lipinski definition) is 0. The first-order chi connectivity index (χ1) is 8.17. The molecule has 2 aromatic rings. The van der Waals surface area contributed by atoms with Gasteiger partial charge >= 0.3 is 0 Å². The van der Waals surface area contributed by atoms with E-state index in [0.717, 1.165) is 12.8 Å². The van der Waals surface area contributed by atoms with Crippen molar-refractivity contribution < 1.29 is 0 Å². The van der Waals surface area contributed by atoms with Crippen LogP contribution in [0.25, 0.3) is 0 Å². The molecule has 0 heteroatoms. The first-order valence-corrected chi connectivity index (χ1v) is 6.32. The zero-order chi connectivity index (χ0) is 12.3. The van der Waals surface area contributed by atoms with Gasteiger partial charge in [0, 0.05) is 0 Å². The Bertz CT molecular complexity index is 472. The summed E-state index contributed by atoms with van der Waals surface area (Å²) in [7, 11) is 0. The third-order valence-corrected chi connectivity index (χ3v) is 3.12. The second kappa shape index (κ2) is 5.18. The molecule has 88 valence electrons. The van der Waals surface area contributed by atoms with Crippen LogP contribution >= 0.6 is 0 Å². The molecule has 0 aliphatic heterocycles. The van der Waals surface area contributed by atoms with E-state index in [0.29, 0.717) is 0 Å². The van der Waals surface area contributed by atoms with Gasteiger partial charge in [0.15, 0.2) is 0 Å². The van der Waals surface area contributed by atoms with E-state index in [2.05, 4.69) is 63.2 Å². The normalized spacial score (nSPS) is 10.5. The summed E-state index contributed by atoms with van der Waals surface area (Å²) < 4.78 is 0. The van der Waals surface area contributed by atoms with Crippen LogP contribution in [-0.4, -0.2) is 0 Å². The maximum Gasteiger partial charge on any atom is -0.00256 e. The Kier molecular flexibility index (Phi) is 3.63. The molecule has 0 radical (unpaired) electrons. The van der Waals surface area contributed by atoms with Crippen molar-refractivity contribution in [2.24, 2.45) is 0 Å². The monoisotopic (exact) mass is 224 g/mol. The maximum atomic E-state index is 2.28. The molecule has 0 N–H and O–H groups in total. The van der Waals surface area contributed by atoms with Gasteiger partial charge in [0.05, 0.1) is 0 Å². The Morgan fingerprint density at radius 2 is 1.24 bits per heavy atom. The van der Waals surface area contributed by atoms with Gasteiger partial charge in [0.2, 0.25) is 0 Å².